The van der Waals surface area contributed by atoms with E-state index in [-0.39, 0.29) is 7.69 Å². The van der Waals surface area contributed by atoms with Crippen molar-refractivity contribution in [1.29, 1.82) is 0 Å². The van der Waals surface area contributed by atoms with Crippen molar-refractivity contribution in [2.24, 2.45) is 0 Å². The molecule has 0 atom stereocenters. The normalized spacial score (nSPS) is 10.9. The molecule has 677 valence electrons. The van der Waals surface area contributed by atoms with Gasteiger partial charge in [0.15, 0.2) is 0 Å². The second-order valence-corrected chi connectivity index (χ2v) is 29.7. The Kier molecular flexibility index (Phi) is 42.6. The first-order valence-electron chi connectivity index (χ1n) is 45.0. The van der Waals surface area contributed by atoms with Crippen LogP contribution >= 0.6 is 0 Å². The molecule has 1 aliphatic rings. The Morgan fingerprint density at radius 3 is 1.18 bits per heavy atom. The first kappa shape index (κ1) is 103. The Morgan fingerprint density at radius 1 is 0.324 bits per heavy atom. The molecule has 16 aromatic carbocycles. The van der Waals surface area contributed by atoms with E-state index < -0.39 is 0 Å². The molecule has 17 rings (SSSR count). The molecule has 0 saturated heterocycles. The van der Waals surface area contributed by atoms with Gasteiger partial charge in [-0.3, -0.25) is 0 Å². The molecule has 6 N–H and O–H groups in total. The number of anilines is 13. The average molecular weight is 1790 g/mol. The van der Waals surface area contributed by atoms with E-state index in [2.05, 4.69) is 343 Å². The van der Waals surface area contributed by atoms with Gasteiger partial charge in [-0.15, -0.1) is 0 Å². The molecule has 0 fully saturated rings. The maximum atomic E-state index is 8.83. The molecule has 0 bridgehead atoms. The molecule has 0 aliphatic heterocycles. The number of para-hydroxylation sites is 6. The van der Waals surface area contributed by atoms with Gasteiger partial charge in [0.1, 0.15) is 11.5 Å². The lowest BCUT2D eigenvalue weighted by molar-refractivity contribution is 0.353. The van der Waals surface area contributed by atoms with Crippen LogP contribution < -0.4 is 33.8 Å². The van der Waals surface area contributed by atoms with Gasteiger partial charge >= 0.3 is 38.4 Å². The maximum absolute atomic E-state index is 8.83. The zero-order chi connectivity index (χ0) is 96.4. The van der Waals surface area contributed by atoms with Gasteiger partial charge in [-0.05, 0) is 266 Å². The van der Waals surface area contributed by atoms with E-state index in [4.69, 9.17) is 48.8 Å². The molecule has 0 aromatic heterocycles. The zero-order valence-corrected chi connectivity index (χ0v) is 78.1. The summed E-state index contributed by atoms with van der Waals surface area (Å²) >= 11 is 0. The van der Waals surface area contributed by atoms with Gasteiger partial charge in [-0.25, -0.2) is 0 Å². The monoisotopic (exact) mass is 1790 g/mol. The van der Waals surface area contributed by atoms with Crippen LogP contribution in [0.15, 0.2) is 479 Å². The highest BCUT2D eigenvalue weighted by Gasteiger charge is 2.23. The molecular weight excluding hydrogens is 1680 g/mol. The zero-order valence-electron chi connectivity index (χ0n) is 78.1. The van der Waals surface area contributed by atoms with E-state index in [1.165, 1.54) is 55.8 Å². The van der Waals surface area contributed by atoms with E-state index in [1.54, 1.807) is 6.08 Å². The van der Waals surface area contributed by atoms with Gasteiger partial charge in [0.05, 0.1) is 22.9 Å². The van der Waals surface area contributed by atoms with Crippen LogP contribution in [0.3, 0.4) is 0 Å². The highest BCUT2D eigenvalue weighted by atomic mass is 16.5. The lowest BCUT2D eigenvalue weighted by Gasteiger charge is -2.30. The third kappa shape index (κ3) is 29.3. The number of aryl methyl sites for hydroxylation is 1. The predicted molar refractivity (Wildman–Crippen MR) is 574 cm³/mol. The molecule has 15 nitrogen and oxygen atoms in total. The van der Waals surface area contributed by atoms with Crippen LogP contribution in [0, 0.1) is 13.8 Å². The number of hydrogen-bond donors (Lipinski definition) is 6. The van der Waals surface area contributed by atoms with Crippen molar-refractivity contribution in [2.75, 3.05) is 24.5 Å². The largest absolute Gasteiger partial charge is 0.569 e. The number of allylic oxidation sites excluding steroid dienone is 8. The summed E-state index contributed by atoms with van der Waals surface area (Å²) in [5.74, 6) is 2.25. The Bertz CT molecular complexity index is 6340. The summed E-state index contributed by atoms with van der Waals surface area (Å²) in [6, 6.07) is 138. The van der Waals surface area contributed by atoms with Gasteiger partial charge in [0.2, 0.25) is 0 Å². The number of nitrogens with zero attached hydrogens (tertiary/aromatic N) is 5. The first-order chi connectivity index (χ1) is 66.9. The lowest BCUT2D eigenvalue weighted by Crippen LogP contribution is -2.18. The van der Waals surface area contributed by atoms with Gasteiger partial charge in [-0.1, -0.05) is 308 Å². The number of hydrogen-bond acceptors (Lipinski definition) is 15. The molecular formula is C116H113B5N5O10. The van der Waals surface area contributed by atoms with Crippen molar-refractivity contribution in [3.05, 3.63) is 501 Å². The minimum Gasteiger partial charge on any atom is -0.541 e. The summed E-state index contributed by atoms with van der Waals surface area (Å²) < 4.78 is 20.1. The summed E-state index contributed by atoms with van der Waals surface area (Å²) in [4.78, 5) is 11.1. The van der Waals surface area contributed by atoms with Crippen molar-refractivity contribution in [1.82, 2.24) is 0 Å². The topological polar surface area (TPSA) is 175 Å². The SMILES string of the molecule is C/C=C\c1c(C)cccc1N(c1ccccc1)c1ccc(O[B]O)cc1.C=C(/C=C\C(=C)N(c1cccc(/C=C\C)c1C)c1cccc2ccccc12)O[B]O.CC.CC.O[B]O.O[B]OC1=CC=C(N(c2ccccc2)c2ccc3ccccc3c2)CC1.O[B]Oc1ccc(N(c2ccccc2)c2ccc(-c3ccccc3)cc2)cc1.c1ccc(N(c2ccccc2)c2ccccc2)cc1. The lowest BCUT2D eigenvalue weighted by atomic mass is 10.0. The fourth-order valence-corrected chi connectivity index (χ4v) is 15.1. The second kappa shape index (κ2) is 56.4. The number of benzene rings is 16. The van der Waals surface area contributed by atoms with Crippen LogP contribution in [0.4, 0.5) is 73.9 Å². The summed E-state index contributed by atoms with van der Waals surface area (Å²) in [5, 5.41) is 54.0. The standard InChI is InChI=1S/C26H25BNO2.C24H19BNO2.C22H19BNO2.C22H21BNO2.C18H15N.2C2H6.BH2O2/c1-5-10-22-12-8-15-25(21(22)4)28(19(2)17-18-20(3)30-27-29)26-16-9-13-23-11-6-7-14-24(23)26;27-25-28-24-17-15-23(16-18-24)26(21-9-5-2-6-10-21)22-13-11-20(12-14-22)19-7-3-1-4-8-19;25-23-26-22-14-12-20(13-15-22)24(19-8-2-1-3-9-19)21-11-10-17-6-4-5-7-18(17)16-21;1-3-8-21-17(2)9-7-12-22(21)24(18-10-5-4-6-11-18)19-13-15-20(16-14-19)26-23-25;1-4-10-16(11-5-1)19(17-12-6-2-7-13-17)18-14-8-3-9-15-18;2*1-2;2-1-3/h5-18,29H,2-3H2,1,4H3;1-18,27H;1-12,14,16,25H,13,15H2;3-16,25H,1-2H3;1-15H;2*1-2H3;2-3H/b10-5-,18-17-;;;8-3-;;;;. The molecule has 16 aromatic rings. The van der Waals surface area contributed by atoms with E-state index in [9.17, 15) is 0 Å². The van der Waals surface area contributed by atoms with Crippen LogP contribution in [0.25, 0.3) is 44.8 Å². The van der Waals surface area contributed by atoms with Crippen LogP contribution in [-0.2, 0) is 9.31 Å². The molecule has 1 aliphatic carbocycles. The van der Waals surface area contributed by atoms with Gasteiger partial charge < -0.3 is 73.3 Å². The van der Waals surface area contributed by atoms with E-state index in [0.717, 1.165) is 111 Å². The summed E-state index contributed by atoms with van der Waals surface area (Å²) in [7, 11) is 2.73. The van der Waals surface area contributed by atoms with E-state index in [0.29, 0.717) is 40.3 Å². The minimum absolute atomic E-state index is 0. The Morgan fingerprint density at radius 2 is 0.706 bits per heavy atom. The van der Waals surface area contributed by atoms with Crippen molar-refractivity contribution >= 4 is 146 Å². The fourth-order valence-electron chi connectivity index (χ4n) is 15.1. The molecule has 20 heteroatoms. The molecule has 0 amide bonds. The van der Waals surface area contributed by atoms with E-state index in [1.807, 2.05) is 199 Å². The molecule has 136 heavy (non-hydrogen) atoms. The van der Waals surface area contributed by atoms with Crippen LogP contribution in [0.2, 0.25) is 0 Å². The molecule has 0 saturated carbocycles. The van der Waals surface area contributed by atoms with Crippen molar-refractivity contribution in [3.8, 4) is 22.6 Å². The molecule has 0 spiro atoms. The highest BCUT2D eigenvalue weighted by molar-refractivity contribution is 6.18. The van der Waals surface area contributed by atoms with Gasteiger partial charge in [-0.2, -0.15) is 0 Å². The number of fused-ring (bicyclic) bond motifs is 2. The fraction of sp³-hybridized carbons (Fsp3) is 0.0862. The predicted octanol–water partition coefficient (Wildman–Crippen LogP) is 28.4. The smallest absolute Gasteiger partial charge is 0.541 e. The molecule has 0 unspecified atom stereocenters. The summed E-state index contributed by atoms with van der Waals surface area (Å²) in [6.45, 7) is 24.4. The Hall–Kier alpha value is -15.5. The first-order valence-corrected chi connectivity index (χ1v) is 45.0. The second-order valence-electron chi connectivity index (χ2n) is 29.7. The third-order valence-electron chi connectivity index (χ3n) is 21.2. The van der Waals surface area contributed by atoms with Gasteiger partial charge in [0, 0.05) is 91.3 Å². The van der Waals surface area contributed by atoms with Crippen molar-refractivity contribution < 1.29 is 48.8 Å². The summed E-state index contributed by atoms with van der Waals surface area (Å²) in [6.07, 6.45) is 17.4. The summed E-state index contributed by atoms with van der Waals surface area (Å²) in [5.41, 5.74) is 23.2. The third-order valence-corrected chi connectivity index (χ3v) is 21.2. The van der Waals surface area contributed by atoms with E-state index >= 15 is 0 Å². The average Bonchev–Trinajstić information content (AvgIpc) is 0.750. The van der Waals surface area contributed by atoms with Gasteiger partial charge in [0.25, 0.3) is 0 Å². The quantitative estimate of drug-likeness (QED) is 0.0155. The van der Waals surface area contributed by atoms with Crippen LogP contribution in [-0.4, -0.2) is 68.6 Å². The van der Waals surface area contributed by atoms with Crippen molar-refractivity contribution in [2.45, 2.75) is 68.2 Å². The van der Waals surface area contributed by atoms with Crippen LogP contribution in [0.1, 0.15) is 76.6 Å². The minimum atomic E-state index is 0. The number of rotatable bonds is 28. The van der Waals surface area contributed by atoms with Crippen LogP contribution in [0.5, 0.6) is 11.5 Å². The highest BCUT2D eigenvalue weighted by Crippen LogP contribution is 2.44. The van der Waals surface area contributed by atoms with Crippen molar-refractivity contribution in [3.63, 3.8) is 0 Å². The molecule has 0 heterocycles. The Labute approximate surface area is 806 Å². The Balaban J connectivity index is 0.000000174. The maximum Gasteiger partial charge on any atom is 0.569 e. The molecule has 5 radical (unpaired) electrons.